The first-order valence-corrected chi connectivity index (χ1v) is 2.02. The predicted molar refractivity (Wildman–Crippen MR) is 28.4 cm³/mol. The van der Waals surface area contributed by atoms with Gasteiger partial charge in [-0.2, -0.15) is 0 Å². The molecule has 0 aliphatic carbocycles. The molecule has 0 heterocycles. The second-order valence-corrected chi connectivity index (χ2v) is 0.972. The summed E-state index contributed by atoms with van der Waals surface area (Å²) in [6, 6.07) is 0. The van der Waals surface area contributed by atoms with Crippen LogP contribution in [0.1, 0.15) is 6.92 Å². The van der Waals surface area contributed by atoms with Crippen LogP contribution in [0.25, 0.3) is 0 Å². The summed E-state index contributed by atoms with van der Waals surface area (Å²) in [5, 5.41) is 0. The molecule has 0 fully saturated rings. The van der Waals surface area contributed by atoms with Crippen LogP contribution in [-0.2, 0) is 4.70 Å². The van der Waals surface area contributed by atoms with E-state index in [-0.39, 0.29) is 0 Å². The third-order valence-electron chi connectivity index (χ3n) is 0.450. The summed E-state index contributed by atoms with van der Waals surface area (Å²) in [6.45, 7) is 5.30. The maximum atomic E-state index is 9.48. The van der Waals surface area contributed by atoms with Gasteiger partial charge in [0.1, 0.15) is 0 Å². The molecule has 0 bridgehead atoms. The first-order valence-electron chi connectivity index (χ1n) is 2.02. The molecule has 4 heteroatoms. The fourth-order valence-electron chi connectivity index (χ4n) is 0.192. The van der Waals surface area contributed by atoms with E-state index >= 15 is 0 Å². The minimum absolute atomic E-state index is 0.781. The predicted octanol–water partition coefficient (Wildman–Crippen LogP) is -0.287. The van der Waals surface area contributed by atoms with Gasteiger partial charge in [0, 0.05) is 0 Å². The molecule has 0 N–H and O–H groups in total. The van der Waals surface area contributed by atoms with Crippen LogP contribution in [0.3, 0.4) is 0 Å². The third-order valence-corrected chi connectivity index (χ3v) is 0.450. The van der Waals surface area contributed by atoms with Gasteiger partial charge in [-0.1, -0.05) is 0 Å². The van der Waals surface area contributed by atoms with Crippen LogP contribution in [0, 0.1) is 0 Å². The first-order chi connectivity index (χ1) is 2.91. The van der Waals surface area contributed by atoms with Gasteiger partial charge in [-0.3, -0.25) is 0 Å². The van der Waals surface area contributed by atoms with Crippen molar-refractivity contribution in [3.8, 4) is 0 Å². The second kappa shape index (κ2) is 4.99. The molecule has 0 radical (unpaired) electrons. The van der Waals surface area contributed by atoms with Gasteiger partial charge < -0.3 is 0 Å². The molecule has 0 aliphatic rings. The van der Waals surface area contributed by atoms with Crippen LogP contribution >= 0.6 is 0 Å². The molecule has 6 heavy (non-hydrogen) atoms. The topological polar surface area (TPSA) is 17.1 Å². The van der Waals surface area contributed by atoms with Crippen LogP contribution in [0.2, 0.25) is 6.32 Å². The van der Waals surface area contributed by atoms with Gasteiger partial charge in [-0.15, -0.1) is 0 Å². The molecular formula is C2H5B3O. The van der Waals surface area contributed by atoms with Gasteiger partial charge in [0.15, 0.2) is 0 Å². The van der Waals surface area contributed by atoms with E-state index in [1.165, 1.54) is 6.69 Å². The Balaban J connectivity index is 2.94. The summed E-state index contributed by atoms with van der Waals surface area (Å²) in [5.41, 5.74) is 0. The van der Waals surface area contributed by atoms with Gasteiger partial charge in [-0.25, -0.2) is 0 Å². The van der Waals surface area contributed by atoms with Crippen molar-refractivity contribution in [2.24, 2.45) is 0 Å². The maximum absolute atomic E-state index is 9.48. The van der Waals surface area contributed by atoms with Crippen LogP contribution < -0.4 is 0 Å². The Morgan fingerprint density at radius 1 is 1.67 bits per heavy atom. The summed E-state index contributed by atoms with van der Waals surface area (Å²) >= 11 is 0. The second-order valence-electron chi connectivity index (χ2n) is 0.972. The number of hydrogen-bond donors (Lipinski definition) is 0. The van der Waals surface area contributed by atoms with Gasteiger partial charge in [0.2, 0.25) is 0 Å². The Hall–Kier alpha value is -0.00519. The van der Waals surface area contributed by atoms with Crippen molar-refractivity contribution in [1.29, 1.82) is 0 Å². The molecule has 1 nitrogen and oxygen atoms in total. The van der Waals surface area contributed by atoms with Gasteiger partial charge in [0.05, 0.1) is 0 Å². The summed E-state index contributed by atoms with van der Waals surface area (Å²) in [4.78, 5) is 0. The molecule has 0 saturated carbocycles. The fraction of sp³-hybridized carbons (Fsp3) is 1.00. The fourth-order valence-corrected chi connectivity index (χ4v) is 0.192. The molecule has 0 aromatic rings. The van der Waals surface area contributed by atoms with Crippen molar-refractivity contribution in [2.75, 3.05) is 0 Å². The van der Waals surface area contributed by atoms with Crippen molar-refractivity contribution >= 4 is 20.5 Å². The SMILES string of the molecule is CCB=BB=O. The monoisotopic (exact) mass is 78.1 g/mol. The van der Waals surface area contributed by atoms with Crippen molar-refractivity contribution in [3.05, 3.63) is 0 Å². The molecule has 28 valence electrons. The summed E-state index contributed by atoms with van der Waals surface area (Å²) in [6.07, 6.45) is 0.943. The van der Waals surface area contributed by atoms with Crippen LogP contribution in [-0.4, -0.2) is 20.5 Å². The first kappa shape index (κ1) is 5.99. The summed E-state index contributed by atoms with van der Waals surface area (Å²) < 4.78 is 9.48. The van der Waals surface area contributed by atoms with E-state index in [0.717, 1.165) is 13.4 Å². The zero-order valence-electron chi connectivity index (χ0n) is 3.85. The van der Waals surface area contributed by atoms with E-state index in [9.17, 15) is 4.70 Å². The number of hydrogen-bond acceptors (Lipinski definition) is 1. The van der Waals surface area contributed by atoms with E-state index in [2.05, 4.69) is 0 Å². The Morgan fingerprint density at radius 3 is 2.50 bits per heavy atom. The van der Waals surface area contributed by atoms with Crippen molar-refractivity contribution < 1.29 is 4.70 Å². The molecule has 0 saturated heterocycles. The molecule has 0 rings (SSSR count). The zero-order valence-corrected chi connectivity index (χ0v) is 3.85. The van der Waals surface area contributed by atoms with Crippen LogP contribution in [0.4, 0.5) is 0 Å². The molecule has 0 spiro atoms. The molecule has 0 unspecified atom stereocenters. The number of rotatable bonds is 2. The standard InChI is InChI=1S/C2H5B3O/c1-2-3-4-5-6/h2H2,1H3. The Labute approximate surface area is 39.5 Å². The average molecular weight is 77.5 g/mol. The molecule has 0 aliphatic heterocycles. The molecule has 0 amide bonds. The van der Waals surface area contributed by atoms with E-state index in [1.807, 2.05) is 13.7 Å². The van der Waals surface area contributed by atoms with Gasteiger partial charge >= 0.3 is 38.5 Å². The van der Waals surface area contributed by atoms with Crippen molar-refractivity contribution in [1.82, 2.24) is 0 Å². The minimum atomic E-state index is 0.781. The van der Waals surface area contributed by atoms with Crippen molar-refractivity contribution in [3.63, 3.8) is 0 Å². The Kier molecular flexibility index (Phi) is 4.99. The quantitative estimate of drug-likeness (QED) is 0.414. The van der Waals surface area contributed by atoms with E-state index in [4.69, 9.17) is 0 Å². The third kappa shape index (κ3) is 3.99. The molecule has 0 aromatic heterocycles. The summed E-state index contributed by atoms with van der Waals surface area (Å²) in [5.74, 6) is 0. The van der Waals surface area contributed by atoms with E-state index in [0.29, 0.717) is 0 Å². The molecular weight excluding hydrogens is 72.5 g/mol. The van der Waals surface area contributed by atoms with E-state index in [1.54, 1.807) is 0 Å². The average Bonchev–Trinajstić information content (AvgIpc) is 1.61. The van der Waals surface area contributed by atoms with E-state index < -0.39 is 0 Å². The van der Waals surface area contributed by atoms with Crippen LogP contribution in [0.15, 0.2) is 0 Å². The Morgan fingerprint density at radius 2 is 2.33 bits per heavy atom. The molecule has 0 aromatic carbocycles. The van der Waals surface area contributed by atoms with Crippen LogP contribution in [0.5, 0.6) is 0 Å². The normalized spacial score (nSPS) is 6.17. The summed E-state index contributed by atoms with van der Waals surface area (Å²) in [7, 11) is 0.781. The van der Waals surface area contributed by atoms with Gasteiger partial charge in [-0.05, 0) is 0 Å². The zero-order chi connectivity index (χ0) is 4.83. The Bertz CT molecular complexity index is 59.8. The van der Waals surface area contributed by atoms with Crippen molar-refractivity contribution in [2.45, 2.75) is 13.2 Å². The van der Waals surface area contributed by atoms with Gasteiger partial charge in [0.25, 0.3) is 0 Å². The molecule has 0 atom stereocenters.